The van der Waals surface area contributed by atoms with E-state index in [0.717, 1.165) is 24.1 Å². The van der Waals surface area contributed by atoms with Crippen LogP contribution in [0.2, 0.25) is 0 Å². The zero-order valence-electron chi connectivity index (χ0n) is 18.1. The van der Waals surface area contributed by atoms with E-state index < -0.39 is 5.60 Å². The van der Waals surface area contributed by atoms with Crippen LogP contribution in [0.3, 0.4) is 0 Å². The van der Waals surface area contributed by atoms with E-state index in [0.29, 0.717) is 24.1 Å². The molecule has 0 spiro atoms. The van der Waals surface area contributed by atoms with Gasteiger partial charge in [-0.2, -0.15) is 0 Å². The first-order valence-electron chi connectivity index (χ1n) is 10.3. The lowest BCUT2D eigenvalue weighted by molar-refractivity contribution is 0.0101. The fourth-order valence-corrected chi connectivity index (χ4v) is 4.06. The van der Waals surface area contributed by atoms with Gasteiger partial charge in [-0.1, -0.05) is 0 Å². The molecule has 3 atom stereocenters. The van der Waals surface area contributed by atoms with Crippen molar-refractivity contribution in [2.45, 2.75) is 65.2 Å². The average molecular weight is 412 g/mol. The average Bonchev–Trinajstić information content (AvgIpc) is 3.26. The molecule has 1 saturated heterocycles. The van der Waals surface area contributed by atoms with Gasteiger partial charge in [-0.25, -0.2) is 14.8 Å². The minimum Gasteiger partial charge on any atom is -0.474 e. The number of carbonyl (C=O) groups excluding carboxylic acids is 1. The largest absolute Gasteiger partial charge is 0.474 e. The predicted octanol–water partition coefficient (Wildman–Crippen LogP) is 4.06. The number of pyridine rings is 1. The Morgan fingerprint density at radius 2 is 1.90 bits per heavy atom. The van der Waals surface area contributed by atoms with Gasteiger partial charge in [0.05, 0.1) is 11.3 Å². The first-order chi connectivity index (χ1) is 14.2. The zero-order chi connectivity index (χ0) is 21.5. The first kappa shape index (κ1) is 20.4. The summed E-state index contributed by atoms with van der Waals surface area (Å²) in [5.74, 6) is 1.89. The number of nitrogens with zero attached hydrogens (tertiary/aromatic N) is 4. The van der Waals surface area contributed by atoms with Gasteiger partial charge in [0.25, 0.3) is 0 Å². The summed E-state index contributed by atoms with van der Waals surface area (Å²) in [6.07, 6.45) is 4.63. The van der Waals surface area contributed by atoms with Crippen molar-refractivity contribution in [3.8, 4) is 17.5 Å². The summed E-state index contributed by atoms with van der Waals surface area (Å²) in [6, 6.07) is 3.82. The topological polar surface area (TPSA) is 86.7 Å². The van der Waals surface area contributed by atoms with Crippen molar-refractivity contribution in [3.63, 3.8) is 0 Å². The number of carbonyl (C=O) groups is 1. The Labute approximate surface area is 176 Å². The van der Waals surface area contributed by atoms with E-state index in [1.54, 1.807) is 6.20 Å². The molecule has 1 amide bonds. The lowest BCUT2D eigenvalue weighted by atomic mass is 10.1. The molecule has 2 aromatic heterocycles. The van der Waals surface area contributed by atoms with Crippen LogP contribution in [0.1, 0.15) is 44.9 Å². The van der Waals surface area contributed by atoms with Crippen LogP contribution in [-0.2, 0) is 4.74 Å². The number of likely N-dealkylation sites (tertiary alicyclic amines) is 1. The summed E-state index contributed by atoms with van der Waals surface area (Å²) < 4.78 is 17.7. The molecule has 0 aromatic carbocycles. The molecular weight excluding hydrogens is 384 g/mol. The maximum Gasteiger partial charge on any atom is 0.410 e. The van der Waals surface area contributed by atoms with Crippen LogP contribution in [0, 0.1) is 19.8 Å². The lowest BCUT2D eigenvalue weighted by Gasteiger charge is -2.33. The highest BCUT2D eigenvalue weighted by Crippen LogP contribution is 2.41. The van der Waals surface area contributed by atoms with E-state index in [1.165, 1.54) is 6.33 Å². The predicted molar refractivity (Wildman–Crippen MR) is 110 cm³/mol. The second-order valence-electron chi connectivity index (χ2n) is 8.97. The molecule has 2 fully saturated rings. The molecule has 0 N–H and O–H groups in total. The molecule has 2 aliphatic rings. The van der Waals surface area contributed by atoms with Crippen molar-refractivity contribution in [2.75, 3.05) is 6.54 Å². The Hall–Kier alpha value is -2.90. The third-order valence-electron chi connectivity index (χ3n) is 5.52. The molecule has 4 rings (SSSR count). The molecule has 2 aromatic rings. The van der Waals surface area contributed by atoms with E-state index in [1.807, 2.05) is 51.7 Å². The summed E-state index contributed by atoms with van der Waals surface area (Å²) >= 11 is 0. The molecular formula is C22H28N4O4. The van der Waals surface area contributed by atoms with Crippen LogP contribution < -0.4 is 9.47 Å². The van der Waals surface area contributed by atoms with E-state index in [4.69, 9.17) is 14.2 Å². The van der Waals surface area contributed by atoms with E-state index in [2.05, 4.69) is 15.0 Å². The fourth-order valence-electron chi connectivity index (χ4n) is 4.06. The Bertz CT molecular complexity index is 943. The van der Waals surface area contributed by atoms with Gasteiger partial charge in [-0.15, -0.1) is 0 Å². The third-order valence-corrected chi connectivity index (χ3v) is 5.52. The minimum atomic E-state index is -0.490. The maximum atomic E-state index is 12.4. The SMILES string of the molecule is Cc1ncccc1Oc1ncnc(O[C@@H]2C[C@H]3C[C@@H]2CN3C(=O)OC(C)(C)C)c1C. The molecule has 0 unspecified atom stereocenters. The Kier molecular flexibility index (Phi) is 5.26. The number of amides is 1. The van der Waals surface area contributed by atoms with Gasteiger partial charge in [-0.3, -0.25) is 4.98 Å². The smallest absolute Gasteiger partial charge is 0.410 e. The second kappa shape index (κ2) is 7.74. The van der Waals surface area contributed by atoms with Gasteiger partial charge in [0.1, 0.15) is 18.0 Å². The minimum absolute atomic E-state index is 0.00950. The number of piperidine rings is 1. The molecule has 8 nitrogen and oxygen atoms in total. The molecule has 30 heavy (non-hydrogen) atoms. The highest BCUT2D eigenvalue weighted by atomic mass is 16.6. The summed E-state index contributed by atoms with van der Waals surface area (Å²) in [4.78, 5) is 27.1. The lowest BCUT2D eigenvalue weighted by Crippen LogP contribution is -2.45. The molecule has 3 heterocycles. The number of rotatable bonds is 4. The first-order valence-corrected chi connectivity index (χ1v) is 10.3. The van der Waals surface area contributed by atoms with Crippen molar-refractivity contribution >= 4 is 6.09 Å². The molecule has 1 saturated carbocycles. The maximum absolute atomic E-state index is 12.4. The van der Waals surface area contributed by atoms with Crippen LogP contribution in [0.15, 0.2) is 24.7 Å². The fraction of sp³-hybridized carbons (Fsp3) is 0.545. The quantitative estimate of drug-likeness (QED) is 0.748. The third kappa shape index (κ3) is 4.17. The molecule has 1 aliphatic heterocycles. The monoisotopic (exact) mass is 412 g/mol. The Morgan fingerprint density at radius 1 is 1.13 bits per heavy atom. The molecule has 2 bridgehead atoms. The van der Waals surface area contributed by atoms with E-state index in [-0.39, 0.29) is 24.2 Å². The molecule has 160 valence electrons. The van der Waals surface area contributed by atoms with Crippen LogP contribution in [0.25, 0.3) is 0 Å². The highest BCUT2D eigenvalue weighted by Gasteiger charge is 2.49. The van der Waals surface area contributed by atoms with Crippen LogP contribution in [0.5, 0.6) is 17.5 Å². The van der Waals surface area contributed by atoms with Gasteiger partial charge < -0.3 is 19.1 Å². The van der Waals surface area contributed by atoms with Crippen LogP contribution in [-0.4, -0.2) is 50.2 Å². The van der Waals surface area contributed by atoms with Crippen LogP contribution in [0.4, 0.5) is 4.79 Å². The summed E-state index contributed by atoms with van der Waals surface area (Å²) in [5, 5.41) is 0. The number of aromatic nitrogens is 3. The standard InChI is InChI=1S/C22H28N4O4/c1-13-19(28-17-7-6-8-23-14(17)2)24-12-25-20(13)29-18-10-16-9-15(18)11-26(16)21(27)30-22(3,4)5/h6-8,12,15-16,18H,9-11H2,1-5H3/t15-,16-,18-/m1/s1. The molecule has 8 heteroatoms. The molecule has 0 radical (unpaired) electrons. The number of fused-ring (bicyclic) bond motifs is 2. The van der Waals surface area contributed by atoms with Crippen molar-refractivity contribution in [3.05, 3.63) is 35.9 Å². The second-order valence-corrected chi connectivity index (χ2v) is 8.97. The summed E-state index contributed by atoms with van der Waals surface area (Å²) in [7, 11) is 0. The van der Waals surface area contributed by atoms with Crippen molar-refractivity contribution in [1.82, 2.24) is 19.9 Å². The van der Waals surface area contributed by atoms with Crippen LogP contribution >= 0.6 is 0 Å². The normalized spacial score (nSPS) is 22.8. The number of aryl methyl sites for hydroxylation is 1. The van der Waals surface area contributed by atoms with Crippen molar-refractivity contribution in [1.29, 1.82) is 0 Å². The van der Waals surface area contributed by atoms with Gasteiger partial charge in [0.2, 0.25) is 11.8 Å². The number of hydrogen-bond acceptors (Lipinski definition) is 7. The Morgan fingerprint density at radius 3 is 2.57 bits per heavy atom. The number of hydrogen-bond donors (Lipinski definition) is 0. The molecule has 1 aliphatic carbocycles. The van der Waals surface area contributed by atoms with E-state index in [9.17, 15) is 4.79 Å². The van der Waals surface area contributed by atoms with Gasteiger partial charge in [0.15, 0.2) is 5.75 Å². The van der Waals surface area contributed by atoms with Gasteiger partial charge >= 0.3 is 6.09 Å². The summed E-state index contributed by atoms with van der Waals surface area (Å²) in [5.41, 5.74) is 1.04. The zero-order valence-corrected chi connectivity index (χ0v) is 18.1. The highest BCUT2D eigenvalue weighted by molar-refractivity contribution is 5.69. The van der Waals surface area contributed by atoms with E-state index >= 15 is 0 Å². The van der Waals surface area contributed by atoms with Gasteiger partial charge in [0, 0.05) is 31.1 Å². The Balaban J connectivity index is 1.42. The summed E-state index contributed by atoms with van der Waals surface area (Å²) in [6.45, 7) is 10.1. The van der Waals surface area contributed by atoms with Crippen molar-refractivity contribution in [2.24, 2.45) is 5.92 Å². The number of ether oxygens (including phenoxy) is 3. The van der Waals surface area contributed by atoms with Gasteiger partial charge in [-0.05, 0) is 53.2 Å². The van der Waals surface area contributed by atoms with Crippen molar-refractivity contribution < 1.29 is 19.0 Å².